The number of fused-ring (bicyclic) bond motifs is 9. The summed E-state index contributed by atoms with van der Waals surface area (Å²) in [5, 5.41) is 7.56. The Balaban J connectivity index is 1.19. The molecule has 0 spiro atoms. The molecular formula is C54H34N2S. The van der Waals surface area contributed by atoms with Crippen molar-refractivity contribution in [3.63, 3.8) is 0 Å². The summed E-state index contributed by atoms with van der Waals surface area (Å²) < 4.78 is 7.62. The second-order valence-electron chi connectivity index (χ2n) is 14.9. The molecule has 266 valence electrons. The summed E-state index contributed by atoms with van der Waals surface area (Å²) in [4.78, 5) is 0. The van der Waals surface area contributed by atoms with Crippen molar-refractivity contribution in [1.29, 1.82) is 0 Å². The first-order valence-electron chi connectivity index (χ1n) is 19.5. The van der Waals surface area contributed by atoms with Gasteiger partial charge in [-0.15, -0.1) is 11.3 Å². The molecule has 0 saturated heterocycles. The van der Waals surface area contributed by atoms with Gasteiger partial charge in [0.25, 0.3) is 0 Å². The Morgan fingerprint density at radius 2 is 0.807 bits per heavy atom. The van der Waals surface area contributed by atoms with E-state index in [0.717, 1.165) is 11.4 Å². The molecule has 3 heterocycles. The first-order chi connectivity index (χ1) is 28.3. The summed E-state index contributed by atoms with van der Waals surface area (Å²) in [7, 11) is 0. The molecule has 0 atom stereocenters. The van der Waals surface area contributed by atoms with Crippen LogP contribution in [0.4, 0.5) is 0 Å². The van der Waals surface area contributed by atoms with E-state index in [1.54, 1.807) is 0 Å². The van der Waals surface area contributed by atoms with Gasteiger partial charge in [-0.05, 0) is 76.9 Å². The lowest BCUT2D eigenvalue weighted by Crippen LogP contribution is -1.98. The Hall–Kier alpha value is -7.20. The summed E-state index contributed by atoms with van der Waals surface area (Å²) in [5.74, 6) is 0. The van der Waals surface area contributed by atoms with Gasteiger partial charge in [0.1, 0.15) is 0 Å². The van der Waals surface area contributed by atoms with E-state index in [-0.39, 0.29) is 0 Å². The van der Waals surface area contributed by atoms with Crippen molar-refractivity contribution in [2.24, 2.45) is 0 Å². The Morgan fingerprint density at radius 3 is 1.54 bits per heavy atom. The molecule has 3 heteroatoms. The molecule has 3 aromatic heterocycles. The highest BCUT2D eigenvalue weighted by Gasteiger charge is 2.22. The largest absolute Gasteiger partial charge is 0.309 e. The van der Waals surface area contributed by atoms with Gasteiger partial charge in [0, 0.05) is 64.2 Å². The molecule has 0 saturated carbocycles. The predicted octanol–water partition coefficient (Wildman–Crippen LogP) is 15.2. The number of rotatable bonds is 5. The van der Waals surface area contributed by atoms with Gasteiger partial charge in [0.2, 0.25) is 0 Å². The van der Waals surface area contributed by atoms with Crippen LogP contribution >= 0.6 is 11.3 Å². The number of aromatic nitrogens is 2. The molecule has 0 aliphatic carbocycles. The highest BCUT2D eigenvalue weighted by Crippen LogP contribution is 2.45. The quantitative estimate of drug-likeness (QED) is 0.166. The van der Waals surface area contributed by atoms with Crippen LogP contribution in [-0.4, -0.2) is 9.13 Å². The van der Waals surface area contributed by atoms with E-state index in [0.29, 0.717) is 0 Å². The molecule has 0 radical (unpaired) electrons. The van der Waals surface area contributed by atoms with Gasteiger partial charge in [-0.25, -0.2) is 0 Å². The lowest BCUT2D eigenvalue weighted by molar-refractivity contribution is 1.18. The molecule has 12 aromatic rings. The molecule has 0 N–H and O–H groups in total. The van der Waals surface area contributed by atoms with Gasteiger partial charge in [-0.2, -0.15) is 0 Å². The minimum Gasteiger partial charge on any atom is -0.309 e. The van der Waals surface area contributed by atoms with E-state index in [2.05, 4.69) is 215 Å². The Labute approximate surface area is 333 Å². The molecular weight excluding hydrogens is 709 g/mol. The summed E-state index contributed by atoms with van der Waals surface area (Å²) in [5.41, 5.74) is 14.4. The van der Waals surface area contributed by atoms with Crippen LogP contribution in [0.1, 0.15) is 0 Å². The van der Waals surface area contributed by atoms with Crippen LogP contribution in [0.25, 0.3) is 109 Å². The molecule has 0 amide bonds. The first-order valence-corrected chi connectivity index (χ1v) is 20.3. The second kappa shape index (κ2) is 12.7. The average Bonchev–Trinajstić information content (AvgIpc) is 3.94. The Kier molecular flexibility index (Phi) is 7.13. The summed E-state index contributed by atoms with van der Waals surface area (Å²) >= 11 is 1.86. The lowest BCUT2D eigenvalue weighted by Gasteiger charge is -2.16. The number of benzene rings is 9. The van der Waals surface area contributed by atoms with E-state index in [4.69, 9.17) is 0 Å². The van der Waals surface area contributed by atoms with Crippen LogP contribution in [0.2, 0.25) is 0 Å². The topological polar surface area (TPSA) is 9.86 Å². The first kappa shape index (κ1) is 32.1. The van der Waals surface area contributed by atoms with Crippen LogP contribution < -0.4 is 0 Å². The fourth-order valence-corrected chi connectivity index (χ4v) is 10.3. The van der Waals surface area contributed by atoms with Crippen molar-refractivity contribution >= 4 is 75.1 Å². The van der Waals surface area contributed by atoms with Crippen LogP contribution in [0, 0.1) is 0 Å². The molecule has 0 unspecified atom stereocenters. The summed E-state index contributed by atoms with van der Waals surface area (Å²) in [6.45, 7) is 0. The molecule has 0 fully saturated rings. The van der Waals surface area contributed by atoms with Crippen molar-refractivity contribution in [2.75, 3.05) is 0 Å². The third-order valence-electron chi connectivity index (χ3n) is 11.7. The SMILES string of the molecule is c1ccc(-c2cccc(-n3c4ccccc4c4cccc(-c5cccc6c7cc(-c8ccccc8)ccc7n(-c7ccc8sc9ccccc9c8c7)c56)c43)c2)cc1. The third kappa shape index (κ3) is 4.96. The minimum atomic E-state index is 1.14. The van der Waals surface area contributed by atoms with Crippen molar-refractivity contribution < 1.29 is 0 Å². The number of hydrogen-bond donors (Lipinski definition) is 0. The van der Waals surface area contributed by atoms with Crippen molar-refractivity contribution in [1.82, 2.24) is 9.13 Å². The van der Waals surface area contributed by atoms with Crippen LogP contribution in [-0.2, 0) is 0 Å². The number of thiophene rings is 1. The Bertz CT molecular complexity index is 3510. The lowest BCUT2D eigenvalue weighted by atomic mass is 9.98. The van der Waals surface area contributed by atoms with Crippen LogP contribution in [0.15, 0.2) is 206 Å². The molecule has 0 aliphatic heterocycles. The van der Waals surface area contributed by atoms with Crippen LogP contribution in [0.5, 0.6) is 0 Å². The highest BCUT2D eigenvalue weighted by atomic mass is 32.1. The standard InChI is InChI=1S/C54H34N2S/c1-3-14-35(15-4-1)37-18-11-19-39(32-37)55-49-26-9-7-20-41(49)43-22-12-23-44(53(43)55)45-24-13-25-46-47-33-38(36-16-5-2-6-17-36)28-30-50(47)56(54(45)46)40-29-31-52-48(34-40)42-21-8-10-27-51(42)57-52/h1-34H. The van der Waals surface area contributed by atoms with Crippen molar-refractivity contribution in [2.45, 2.75) is 0 Å². The maximum atomic E-state index is 2.52. The fraction of sp³-hybridized carbons (Fsp3) is 0. The fourth-order valence-electron chi connectivity index (χ4n) is 9.18. The zero-order valence-corrected chi connectivity index (χ0v) is 31.7. The number of para-hydroxylation sites is 3. The number of nitrogens with zero attached hydrogens (tertiary/aromatic N) is 2. The summed E-state index contributed by atoms with van der Waals surface area (Å²) in [6, 6.07) is 75.8. The molecule has 9 aromatic carbocycles. The molecule has 0 bridgehead atoms. The zero-order chi connectivity index (χ0) is 37.5. The zero-order valence-electron chi connectivity index (χ0n) is 30.9. The smallest absolute Gasteiger partial charge is 0.0620 e. The van der Waals surface area contributed by atoms with Gasteiger partial charge in [0.05, 0.1) is 22.1 Å². The van der Waals surface area contributed by atoms with Gasteiger partial charge >= 0.3 is 0 Å². The minimum absolute atomic E-state index is 1.14. The van der Waals surface area contributed by atoms with E-state index in [9.17, 15) is 0 Å². The normalized spacial score (nSPS) is 11.9. The Morgan fingerprint density at radius 1 is 0.281 bits per heavy atom. The molecule has 0 aliphatic rings. The average molecular weight is 743 g/mol. The van der Waals surface area contributed by atoms with Gasteiger partial charge < -0.3 is 9.13 Å². The molecule has 12 rings (SSSR count). The van der Waals surface area contributed by atoms with Gasteiger partial charge in [-0.1, -0.05) is 152 Å². The van der Waals surface area contributed by atoms with Gasteiger partial charge in [-0.3, -0.25) is 0 Å². The molecule has 2 nitrogen and oxygen atoms in total. The van der Waals surface area contributed by atoms with Gasteiger partial charge in [0.15, 0.2) is 0 Å². The van der Waals surface area contributed by atoms with E-state index in [1.165, 1.54) is 97.2 Å². The predicted molar refractivity (Wildman–Crippen MR) is 244 cm³/mol. The van der Waals surface area contributed by atoms with E-state index >= 15 is 0 Å². The number of hydrogen-bond acceptors (Lipinski definition) is 1. The van der Waals surface area contributed by atoms with Crippen LogP contribution in [0.3, 0.4) is 0 Å². The maximum absolute atomic E-state index is 2.52. The highest BCUT2D eigenvalue weighted by molar-refractivity contribution is 7.25. The summed E-state index contributed by atoms with van der Waals surface area (Å²) in [6.07, 6.45) is 0. The maximum Gasteiger partial charge on any atom is 0.0620 e. The monoisotopic (exact) mass is 742 g/mol. The van der Waals surface area contributed by atoms with Crippen molar-refractivity contribution in [3.8, 4) is 44.8 Å². The van der Waals surface area contributed by atoms with Crippen molar-refractivity contribution in [3.05, 3.63) is 206 Å². The van der Waals surface area contributed by atoms with E-state index < -0.39 is 0 Å². The third-order valence-corrected chi connectivity index (χ3v) is 12.9. The van der Waals surface area contributed by atoms with E-state index in [1.807, 2.05) is 11.3 Å². The second-order valence-corrected chi connectivity index (χ2v) is 16.0. The molecule has 57 heavy (non-hydrogen) atoms.